The first kappa shape index (κ1) is 21.8. The van der Waals surface area contributed by atoms with Gasteiger partial charge >= 0.3 is 0 Å². The monoisotopic (exact) mass is 425 g/mol. The molecule has 8 heteroatoms. The highest BCUT2D eigenvalue weighted by atomic mass is 16.8. The third kappa shape index (κ3) is 5.43. The zero-order chi connectivity index (χ0) is 21.7. The van der Waals surface area contributed by atoms with Gasteiger partial charge in [0.05, 0.1) is 25.9 Å². The zero-order valence-electron chi connectivity index (χ0n) is 17.7. The van der Waals surface area contributed by atoms with Gasteiger partial charge in [0.15, 0.2) is 12.1 Å². The SMILES string of the molecule is CC1(C)O[C@@H]2O[C@@H]([C@H](COCc3ccccc3)N=[N+]=[N-])[C@H](OCc3ccccc3)[C@@H]2O1. The largest absolute Gasteiger partial charge is 0.376 e. The lowest BCUT2D eigenvalue weighted by Crippen LogP contribution is -2.43. The van der Waals surface area contributed by atoms with Crippen LogP contribution in [0, 0.1) is 0 Å². The molecule has 0 bridgehead atoms. The fourth-order valence-electron chi connectivity index (χ4n) is 3.90. The number of hydrogen-bond acceptors (Lipinski definition) is 6. The Morgan fingerprint density at radius 1 is 1.00 bits per heavy atom. The highest BCUT2D eigenvalue weighted by Crippen LogP contribution is 2.40. The van der Waals surface area contributed by atoms with Gasteiger partial charge in [-0.05, 0) is 30.5 Å². The molecule has 2 aromatic rings. The van der Waals surface area contributed by atoms with Crippen molar-refractivity contribution in [2.24, 2.45) is 5.11 Å². The minimum absolute atomic E-state index is 0.192. The first-order valence-corrected chi connectivity index (χ1v) is 10.4. The molecule has 5 atom stereocenters. The van der Waals surface area contributed by atoms with Crippen LogP contribution in [0.3, 0.4) is 0 Å². The van der Waals surface area contributed by atoms with Gasteiger partial charge < -0.3 is 23.7 Å². The number of fused-ring (bicyclic) bond motifs is 1. The Morgan fingerprint density at radius 2 is 1.65 bits per heavy atom. The van der Waals surface area contributed by atoms with Crippen LogP contribution in [0.1, 0.15) is 25.0 Å². The van der Waals surface area contributed by atoms with Crippen molar-refractivity contribution in [1.29, 1.82) is 0 Å². The summed E-state index contributed by atoms with van der Waals surface area (Å²) >= 11 is 0. The summed E-state index contributed by atoms with van der Waals surface area (Å²) in [5.74, 6) is -0.771. The van der Waals surface area contributed by atoms with Gasteiger partial charge in [0.1, 0.15) is 18.3 Å². The van der Waals surface area contributed by atoms with E-state index in [1.165, 1.54) is 0 Å². The van der Waals surface area contributed by atoms with Crippen LogP contribution in [0.2, 0.25) is 0 Å². The molecule has 0 amide bonds. The fourth-order valence-corrected chi connectivity index (χ4v) is 3.90. The number of rotatable bonds is 9. The van der Waals surface area contributed by atoms with Gasteiger partial charge in [0, 0.05) is 4.91 Å². The molecule has 2 saturated heterocycles. The van der Waals surface area contributed by atoms with Crippen LogP contribution in [0.4, 0.5) is 0 Å². The molecule has 164 valence electrons. The normalized spacial score (nSPS) is 27.4. The molecule has 2 aromatic carbocycles. The third-order valence-electron chi connectivity index (χ3n) is 5.29. The Balaban J connectivity index is 1.46. The molecule has 2 heterocycles. The number of azide groups is 1. The third-order valence-corrected chi connectivity index (χ3v) is 5.29. The smallest absolute Gasteiger partial charge is 0.190 e. The van der Waals surface area contributed by atoms with Crippen molar-refractivity contribution < 1.29 is 23.7 Å². The second-order valence-corrected chi connectivity index (χ2v) is 8.10. The van der Waals surface area contributed by atoms with Crippen LogP contribution in [0.25, 0.3) is 10.4 Å². The van der Waals surface area contributed by atoms with Crippen molar-refractivity contribution >= 4 is 0 Å². The van der Waals surface area contributed by atoms with Gasteiger partial charge in [0.2, 0.25) is 0 Å². The quantitative estimate of drug-likeness (QED) is 0.338. The second-order valence-electron chi connectivity index (χ2n) is 8.10. The van der Waals surface area contributed by atoms with E-state index in [1.807, 2.05) is 74.5 Å². The van der Waals surface area contributed by atoms with Crippen molar-refractivity contribution in [3.63, 3.8) is 0 Å². The van der Waals surface area contributed by atoms with E-state index in [9.17, 15) is 0 Å². The Hall–Kier alpha value is -2.45. The summed E-state index contributed by atoms with van der Waals surface area (Å²) in [6.07, 6.45) is -2.04. The average molecular weight is 425 g/mol. The first-order chi connectivity index (χ1) is 15.1. The molecule has 0 radical (unpaired) electrons. The van der Waals surface area contributed by atoms with Gasteiger partial charge in [-0.25, -0.2) is 0 Å². The van der Waals surface area contributed by atoms with Crippen LogP contribution < -0.4 is 0 Å². The lowest BCUT2D eigenvalue weighted by atomic mass is 10.0. The molecule has 2 fully saturated rings. The van der Waals surface area contributed by atoms with Crippen molar-refractivity contribution in [3.05, 3.63) is 82.2 Å². The first-order valence-electron chi connectivity index (χ1n) is 10.4. The van der Waals surface area contributed by atoms with E-state index in [-0.39, 0.29) is 6.61 Å². The van der Waals surface area contributed by atoms with Crippen molar-refractivity contribution in [2.45, 2.75) is 63.5 Å². The van der Waals surface area contributed by atoms with E-state index in [2.05, 4.69) is 10.0 Å². The van der Waals surface area contributed by atoms with E-state index >= 15 is 0 Å². The Bertz CT molecular complexity index is 889. The van der Waals surface area contributed by atoms with Gasteiger partial charge in [-0.2, -0.15) is 0 Å². The number of nitrogens with zero attached hydrogens (tertiary/aromatic N) is 3. The molecule has 2 aliphatic heterocycles. The van der Waals surface area contributed by atoms with Crippen molar-refractivity contribution in [2.75, 3.05) is 6.61 Å². The van der Waals surface area contributed by atoms with Gasteiger partial charge in [0.25, 0.3) is 0 Å². The molecule has 4 rings (SSSR count). The van der Waals surface area contributed by atoms with Gasteiger partial charge in [-0.15, -0.1) is 0 Å². The predicted molar refractivity (Wildman–Crippen MR) is 113 cm³/mol. The highest BCUT2D eigenvalue weighted by molar-refractivity contribution is 5.14. The van der Waals surface area contributed by atoms with Crippen molar-refractivity contribution in [3.8, 4) is 0 Å². The van der Waals surface area contributed by atoms with Crippen LogP contribution >= 0.6 is 0 Å². The highest BCUT2D eigenvalue weighted by Gasteiger charge is 2.57. The van der Waals surface area contributed by atoms with Crippen LogP contribution in [-0.4, -0.2) is 43.0 Å². The second kappa shape index (κ2) is 9.78. The summed E-state index contributed by atoms with van der Waals surface area (Å²) < 4.78 is 30.1. The molecule has 31 heavy (non-hydrogen) atoms. The maximum atomic E-state index is 9.14. The lowest BCUT2D eigenvalue weighted by Gasteiger charge is -2.29. The fraction of sp³-hybridized carbons (Fsp3) is 0.478. The summed E-state index contributed by atoms with van der Waals surface area (Å²) in [6, 6.07) is 19.1. The summed E-state index contributed by atoms with van der Waals surface area (Å²) in [7, 11) is 0. The molecule has 0 aromatic heterocycles. The van der Waals surface area contributed by atoms with Crippen LogP contribution in [0.5, 0.6) is 0 Å². The standard InChI is InChI=1S/C23H27N3O5/c1-23(2)30-21-20(28-14-17-11-7-4-8-12-17)19(29-22(21)31-23)18(25-26-24)15-27-13-16-9-5-3-6-10-16/h3-12,18-22H,13-15H2,1-2H3/t18-,19-,20-,21-,22-/m0/s1. The Morgan fingerprint density at radius 3 is 2.29 bits per heavy atom. The lowest BCUT2D eigenvalue weighted by molar-refractivity contribution is -0.222. The van der Waals surface area contributed by atoms with E-state index in [0.29, 0.717) is 13.2 Å². The topological polar surface area (TPSA) is 94.9 Å². The molecular weight excluding hydrogens is 398 g/mol. The molecular formula is C23H27N3O5. The van der Waals surface area contributed by atoms with E-state index < -0.39 is 36.4 Å². The predicted octanol–water partition coefficient (Wildman–Crippen LogP) is 4.34. The summed E-state index contributed by atoms with van der Waals surface area (Å²) in [5, 5.41) is 3.95. The molecule has 0 saturated carbocycles. The number of benzene rings is 2. The Kier molecular flexibility index (Phi) is 6.87. The molecule has 0 aliphatic carbocycles. The summed E-state index contributed by atoms with van der Waals surface area (Å²) in [4.78, 5) is 3.01. The van der Waals surface area contributed by atoms with Gasteiger partial charge in [-0.3, -0.25) is 0 Å². The van der Waals surface area contributed by atoms with E-state index in [1.54, 1.807) is 0 Å². The molecule has 8 nitrogen and oxygen atoms in total. The summed E-state index contributed by atoms with van der Waals surface area (Å²) in [6.45, 7) is 4.66. The maximum Gasteiger partial charge on any atom is 0.190 e. The van der Waals surface area contributed by atoms with E-state index in [0.717, 1.165) is 11.1 Å². The van der Waals surface area contributed by atoms with E-state index in [4.69, 9.17) is 29.2 Å². The molecule has 0 unspecified atom stereocenters. The molecule has 2 aliphatic rings. The average Bonchev–Trinajstić information content (AvgIpc) is 3.24. The molecule has 0 N–H and O–H groups in total. The minimum Gasteiger partial charge on any atom is -0.376 e. The minimum atomic E-state index is -0.771. The Labute approximate surface area is 181 Å². The summed E-state index contributed by atoms with van der Waals surface area (Å²) in [5.41, 5.74) is 11.2. The van der Waals surface area contributed by atoms with Crippen molar-refractivity contribution in [1.82, 2.24) is 0 Å². The number of ether oxygens (including phenoxy) is 5. The zero-order valence-corrected chi connectivity index (χ0v) is 17.7. The van der Waals surface area contributed by atoms with Gasteiger partial charge in [-0.1, -0.05) is 65.8 Å². The maximum absolute atomic E-state index is 9.14. The van der Waals surface area contributed by atoms with Crippen LogP contribution in [-0.2, 0) is 36.9 Å². The number of hydrogen-bond donors (Lipinski definition) is 0. The molecule has 0 spiro atoms. The van der Waals surface area contributed by atoms with Crippen LogP contribution in [0.15, 0.2) is 65.8 Å².